The molecule has 0 fully saturated rings. The van der Waals surface area contributed by atoms with Crippen LogP contribution in [0.3, 0.4) is 0 Å². The number of nitrogens with one attached hydrogen (secondary N) is 4. The van der Waals surface area contributed by atoms with Crippen LogP contribution < -0.4 is 15.4 Å². The first-order valence-corrected chi connectivity index (χ1v) is 10.9. The highest BCUT2D eigenvalue weighted by Crippen LogP contribution is 2.14. The van der Waals surface area contributed by atoms with Crippen LogP contribution in [0.2, 0.25) is 0 Å². The molecule has 0 saturated heterocycles. The lowest BCUT2D eigenvalue weighted by atomic mass is 10.1. The van der Waals surface area contributed by atoms with Gasteiger partial charge in [-0.2, -0.15) is 4.72 Å². The van der Waals surface area contributed by atoms with Crippen molar-refractivity contribution in [2.45, 2.75) is 29.9 Å². The second-order valence-electron chi connectivity index (χ2n) is 6.66. The molecule has 1 aliphatic rings. The lowest BCUT2D eigenvalue weighted by Crippen LogP contribution is -2.49. The van der Waals surface area contributed by atoms with Gasteiger partial charge in [0.05, 0.1) is 4.90 Å². The van der Waals surface area contributed by atoms with E-state index in [1.54, 1.807) is 18.5 Å². The zero-order valence-electron chi connectivity index (χ0n) is 16.3. The number of aromatic amines is 1. The molecule has 166 valence electrons. The number of carboxylic acid groups (broad SMARTS) is 1. The van der Waals surface area contributed by atoms with Gasteiger partial charge in [0.2, 0.25) is 10.0 Å². The van der Waals surface area contributed by atoms with E-state index in [0.29, 0.717) is 18.9 Å². The Kier molecular flexibility index (Phi) is 7.20. The molecule has 0 spiro atoms. The Morgan fingerprint density at radius 1 is 1.29 bits per heavy atom. The number of carbonyl (C=O) groups is 2. The molecule has 3 rings (SSSR count). The van der Waals surface area contributed by atoms with Crippen molar-refractivity contribution in [1.82, 2.24) is 20.0 Å². The van der Waals surface area contributed by atoms with Gasteiger partial charge in [-0.3, -0.25) is 9.59 Å². The lowest BCUT2D eigenvalue weighted by molar-refractivity contribution is -0.138. The maximum absolute atomic E-state index is 12.3. The van der Waals surface area contributed by atoms with Crippen molar-refractivity contribution in [2.75, 3.05) is 18.4 Å². The molecule has 0 saturated carbocycles. The number of nitrogens with zero attached hydrogens (tertiary/aromatic N) is 2. The van der Waals surface area contributed by atoms with Gasteiger partial charge in [0.15, 0.2) is 5.95 Å². The van der Waals surface area contributed by atoms with E-state index in [0.717, 1.165) is 0 Å². The van der Waals surface area contributed by atoms with Crippen LogP contribution in [-0.2, 0) is 24.4 Å². The van der Waals surface area contributed by atoms with Gasteiger partial charge in [-0.05, 0) is 12.1 Å². The number of rotatable bonds is 11. The second kappa shape index (κ2) is 10.0. The van der Waals surface area contributed by atoms with Gasteiger partial charge < -0.3 is 25.6 Å². The number of carboxylic acids is 1. The van der Waals surface area contributed by atoms with E-state index in [9.17, 15) is 23.1 Å². The molecule has 1 aromatic heterocycles. The number of oxime groups is 1. The summed E-state index contributed by atoms with van der Waals surface area (Å²) in [6, 6.07) is 5.80. The highest BCUT2D eigenvalue weighted by atomic mass is 32.2. The number of H-pyrrole nitrogens is 1. The average Bonchev–Trinajstić information content (AvgIpc) is 3.44. The quantitative estimate of drug-likeness (QED) is 0.315. The Bertz CT molecular complexity index is 1030. The number of sulfonamides is 1. The van der Waals surface area contributed by atoms with Crippen LogP contribution in [0, 0.1) is 0 Å². The SMILES string of the molecule is O=C(NCC(NS(=O)(=O)c1ccccc1)C(=O)O)C1=NOC(CCNc2ncc[nH]2)C1. The minimum absolute atomic E-state index is 0.0767. The van der Waals surface area contributed by atoms with E-state index < -0.39 is 34.5 Å². The third kappa shape index (κ3) is 6.26. The summed E-state index contributed by atoms with van der Waals surface area (Å²) >= 11 is 0. The highest BCUT2D eigenvalue weighted by molar-refractivity contribution is 7.89. The van der Waals surface area contributed by atoms with Crippen molar-refractivity contribution < 1.29 is 28.0 Å². The average molecular weight is 450 g/mol. The van der Waals surface area contributed by atoms with Crippen molar-refractivity contribution >= 4 is 33.6 Å². The van der Waals surface area contributed by atoms with Gasteiger partial charge in [-0.1, -0.05) is 23.4 Å². The van der Waals surface area contributed by atoms with Crippen LogP contribution in [0.25, 0.3) is 0 Å². The van der Waals surface area contributed by atoms with E-state index in [1.165, 1.54) is 24.3 Å². The van der Waals surface area contributed by atoms with Crippen LogP contribution in [0.4, 0.5) is 5.95 Å². The molecule has 0 bridgehead atoms. The first-order valence-electron chi connectivity index (χ1n) is 9.39. The number of anilines is 1. The van der Waals surface area contributed by atoms with E-state index in [4.69, 9.17) is 4.84 Å². The van der Waals surface area contributed by atoms with E-state index in [2.05, 4.69) is 30.5 Å². The number of hydrogen-bond donors (Lipinski definition) is 5. The Labute approximate surface area is 178 Å². The lowest BCUT2D eigenvalue weighted by Gasteiger charge is -2.15. The first kappa shape index (κ1) is 22.2. The third-order valence-corrected chi connectivity index (χ3v) is 5.86. The zero-order chi connectivity index (χ0) is 22.3. The molecule has 2 aromatic rings. The van der Waals surface area contributed by atoms with E-state index in [-0.39, 0.29) is 23.1 Å². The summed E-state index contributed by atoms with van der Waals surface area (Å²) in [6.07, 6.45) is 3.80. The highest BCUT2D eigenvalue weighted by Gasteiger charge is 2.29. The number of hydrogen-bond acceptors (Lipinski definition) is 8. The molecule has 1 aliphatic heterocycles. The van der Waals surface area contributed by atoms with Crippen LogP contribution in [0.5, 0.6) is 0 Å². The number of aromatic nitrogens is 2. The topological polar surface area (TPSA) is 175 Å². The molecule has 0 radical (unpaired) electrons. The van der Waals surface area contributed by atoms with E-state index >= 15 is 0 Å². The summed E-state index contributed by atoms with van der Waals surface area (Å²) in [5, 5.41) is 18.5. The van der Waals surface area contributed by atoms with Crippen molar-refractivity contribution in [3.63, 3.8) is 0 Å². The Morgan fingerprint density at radius 2 is 2.06 bits per heavy atom. The Balaban J connectivity index is 1.46. The summed E-state index contributed by atoms with van der Waals surface area (Å²) in [5.41, 5.74) is 0.109. The molecule has 2 heterocycles. The summed E-state index contributed by atoms with van der Waals surface area (Å²) in [5.74, 6) is -1.42. The molecule has 31 heavy (non-hydrogen) atoms. The number of carbonyl (C=O) groups excluding carboxylic acids is 1. The van der Waals surface area contributed by atoms with Crippen molar-refractivity contribution in [3.05, 3.63) is 42.7 Å². The van der Waals surface area contributed by atoms with Crippen molar-refractivity contribution in [1.29, 1.82) is 0 Å². The fourth-order valence-corrected chi connectivity index (χ4v) is 3.97. The number of aliphatic carboxylic acids is 1. The van der Waals surface area contributed by atoms with E-state index in [1.807, 2.05) is 0 Å². The molecule has 2 unspecified atom stereocenters. The fourth-order valence-electron chi connectivity index (χ4n) is 2.76. The Morgan fingerprint density at radius 3 is 2.74 bits per heavy atom. The second-order valence-corrected chi connectivity index (χ2v) is 8.37. The molecule has 13 heteroatoms. The minimum Gasteiger partial charge on any atom is -0.480 e. The predicted molar refractivity (Wildman–Crippen MR) is 110 cm³/mol. The zero-order valence-corrected chi connectivity index (χ0v) is 17.1. The molecule has 1 amide bonds. The van der Waals surface area contributed by atoms with Gasteiger partial charge in [0.1, 0.15) is 17.9 Å². The summed E-state index contributed by atoms with van der Waals surface area (Å²) < 4.78 is 26.7. The fraction of sp³-hybridized carbons (Fsp3) is 0.333. The van der Waals surface area contributed by atoms with Gasteiger partial charge in [0.25, 0.3) is 5.91 Å². The van der Waals surface area contributed by atoms with Gasteiger partial charge >= 0.3 is 5.97 Å². The van der Waals surface area contributed by atoms with Gasteiger partial charge in [-0.15, -0.1) is 0 Å². The maximum Gasteiger partial charge on any atom is 0.323 e. The van der Waals surface area contributed by atoms with Gasteiger partial charge in [-0.25, -0.2) is 13.4 Å². The third-order valence-electron chi connectivity index (χ3n) is 4.37. The van der Waals surface area contributed by atoms with Crippen LogP contribution in [0.15, 0.2) is 52.8 Å². The normalized spacial score (nSPS) is 16.8. The number of benzene rings is 1. The van der Waals surface area contributed by atoms with Crippen molar-refractivity contribution in [2.24, 2.45) is 5.16 Å². The smallest absolute Gasteiger partial charge is 0.323 e. The molecule has 2 atom stereocenters. The minimum atomic E-state index is -4.06. The first-order chi connectivity index (χ1) is 14.8. The number of imidazole rings is 1. The summed E-state index contributed by atoms with van der Waals surface area (Å²) in [6.45, 7) is 0.0922. The van der Waals surface area contributed by atoms with Crippen molar-refractivity contribution in [3.8, 4) is 0 Å². The predicted octanol–water partition coefficient (Wildman–Crippen LogP) is -0.0955. The molecule has 0 aliphatic carbocycles. The van der Waals surface area contributed by atoms with Crippen LogP contribution >= 0.6 is 0 Å². The Hall–Kier alpha value is -3.45. The van der Waals surface area contributed by atoms with Crippen LogP contribution in [-0.4, -0.2) is 66.3 Å². The largest absolute Gasteiger partial charge is 0.480 e. The van der Waals surface area contributed by atoms with Crippen LogP contribution in [0.1, 0.15) is 12.8 Å². The summed E-state index contributed by atoms with van der Waals surface area (Å²) in [4.78, 5) is 35.8. The number of amides is 1. The monoisotopic (exact) mass is 450 g/mol. The van der Waals surface area contributed by atoms with Gasteiger partial charge in [0, 0.05) is 38.3 Å². The molecule has 5 N–H and O–H groups in total. The standard InChI is InChI=1S/C18H22N6O6S/c25-16(14-10-12(30-23-14)6-7-19-18-20-8-9-21-18)22-11-15(17(26)27)24-31(28,29)13-4-2-1-3-5-13/h1-5,8-9,12,15,24H,6-7,10-11H2,(H,22,25)(H,26,27)(H2,19,20,21). The molecular weight excluding hydrogens is 428 g/mol. The molecular formula is C18H22N6O6S. The summed E-state index contributed by atoms with van der Waals surface area (Å²) in [7, 11) is -4.06. The maximum atomic E-state index is 12.3. The molecule has 12 nitrogen and oxygen atoms in total. The molecule has 1 aromatic carbocycles.